The van der Waals surface area contributed by atoms with Crippen molar-refractivity contribution in [2.75, 3.05) is 25.1 Å². The van der Waals surface area contributed by atoms with Gasteiger partial charge < -0.3 is 20.5 Å². The van der Waals surface area contributed by atoms with Gasteiger partial charge in [-0.25, -0.2) is 9.59 Å². The first kappa shape index (κ1) is 16.0. The third-order valence-corrected chi connectivity index (χ3v) is 3.99. The minimum atomic E-state index is -1.06. The van der Waals surface area contributed by atoms with Crippen LogP contribution in [0.1, 0.15) is 23.2 Å². The number of carbonyl (C=O) groups is 2. The van der Waals surface area contributed by atoms with E-state index in [2.05, 4.69) is 10.6 Å². The number of rotatable bonds is 5. The van der Waals surface area contributed by atoms with Gasteiger partial charge in [-0.05, 0) is 59.5 Å². The second-order valence-electron chi connectivity index (χ2n) is 4.89. The van der Waals surface area contributed by atoms with Crippen molar-refractivity contribution in [2.24, 2.45) is 5.92 Å². The summed E-state index contributed by atoms with van der Waals surface area (Å²) >= 11 is 2.03. The summed E-state index contributed by atoms with van der Waals surface area (Å²) in [4.78, 5) is 23.0. The van der Waals surface area contributed by atoms with Crippen LogP contribution < -0.4 is 10.6 Å². The number of carboxylic acid groups (broad SMARTS) is 1. The van der Waals surface area contributed by atoms with Gasteiger partial charge in [0.05, 0.1) is 11.3 Å². The molecule has 1 unspecified atom stereocenters. The van der Waals surface area contributed by atoms with Gasteiger partial charge in [-0.3, -0.25) is 0 Å². The molecular formula is C14H17IN2O4. The van der Waals surface area contributed by atoms with Gasteiger partial charge in [-0.2, -0.15) is 0 Å². The lowest BCUT2D eigenvalue weighted by Gasteiger charge is -2.11. The van der Waals surface area contributed by atoms with E-state index in [9.17, 15) is 9.59 Å². The summed E-state index contributed by atoms with van der Waals surface area (Å²) in [5.74, 6) is -0.565. The van der Waals surface area contributed by atoms with Crippen LogP contribution in [-0.2, 0) is 4.74 Å². The number of anilines is 1. The van der Waals surface area contributed by atoms with Crippen molar-refractivity contribution < 1.29 is 19.4 Å². The first-order chi connectivity index (χ1) is 10.1. The summed E-state index contributed by atoms with van der Waals surface area (Å²) in [6, 6.07) is 4.47. The first-order valence-corrected chi connectivity index (χ1v) is 7.79. The molecule has 2 amide bonds. The van der Waals surface area contributed by atoms with Gasteiger partial charge in [-0.15, -0.1) is 0 Å². The van der Waals surface area contributed by atoms with Crippen LogP contribution in [0.2, 0.25) is 0 Å². The maximum atomic E-state index is 11.8. The Morgan fingerprint density at radius 2 is 2.24 bits per heavy atom. The summed E-state index contributed by atoms with van der Waals surface area (Å²) in [6.45, 7) is 2.09. The summed E-state index contributed by atoms with van der Waals surface area (Å²) in [6.07, 6.45) is 1.90. The van der Waals surface area contributed by atoms with Crippen molar-refractivity contribution in [3.05, 3.63) is 27.3 Å². The highest BCUT2D eigenvalue weighted by atomic mass is 127. The average Bonchev–Trinajstić information content (AvgIpc) is 2.94. The molecule has 1 aliphatic rings. The molecule has 1 aromatic carbocycles. The summed E-state index contributed by atoms with van der Waals surface area (Å²) in [7, 11) is 0. The third-order valence-electron chi connectivity index (χ3n) is 3.32. The van der Waals surface area contributed by atoms with E-state index in [4.69, 9.17) is 9.84 Å². The number of benzene rings is 1. The second-order valence-corrected chi connectivity index (χ2v) is 6.14. The molecule has 114 valence electrons. The van der Waals surface area contributed by atoms with E-state index >= 15 is 0 Å². The predicted molar refractivity (Wildman–Crippen MR) is 86.7 cm³/mol. The Morgan fingerprint density at radius 1 is 1.43 bits per heavy atom. The minimum Gasteiger partial charge on any atom is -0.478 e. The molecule has 7 heteroatoms. The number of carboxylic acids is 1. The maximum absolute atomic E-state index is 11.8. The molecule has 1 saturated heterocycles. The lowest BCUT2D eigenvalue weighted by molar-refractivity contribution is 0.0698. The quantitative estimate of drug-likeness (QED) is 0.659. The standard InChI is InChI=1S/C14H17IN2O4/c15-10-1-2-12(11(7-10)13(18)19)17-14(20)16-5-3-9-4-6-21-8-9/h1-2,7,9H,3-6,8H2,(H,18,19)(H2,16,17,20). The Kier molecular flexibility index (Phi) is 5.80. The van der Waals surface area contributed by atoms with Gasteiger partial charge in [0.25, 0.3) is 0 Å². The molecule has 0 aliphatic carbocycles. The Balaban J connectivity index is 1.85. The van der Waals surface area contributed by atoms with E-state index in [0.717, 1.165) is 29.6 Å². The Morgan fingerprint density at radius 3 is 2.90 bits per heavy atom. The van der Waals surface area contributed by atoms with Crippen molar-refractivity contribution in [2.45, 2.75) is 12.8 Å². The monoisotopic (exact) mass is 404 g/mol. The van der Waals surface area contributed by atoms with Gasteiger partial charge in [-0.1, -0.05) is 0 Å². The molecule has 1 fully saturated rings. The number of halogens is 1. The topological polar surface area (TPSA) is 87.7 Å². The van der Waals surface area contributed by atoms with Gasteiger partial charge in [0.1, 0.15) is 0 Å². The van der Waals surface area contributed by atoms with Crippen LogP contribution in [0.15, 0.2) is 18.2 Å². The van der Waals surface area contributed by atoms with Crippen LogP contribution in [0, 0.1) is 9.49 Å². The average molecular weight is 404 g/mol. The maximum Gasteiger partial charge on any atom is 0.337 e. The molecule has 0 radical (unpaired) electrons. The summed E-state index contributed by atoms with van der Waals surface area (Å²) in [5.41, 5.74) is 0.380. The van der Waals surface area contributed by atoms with Crippen LogP contribution in [0.4, 0.5) is 10.5 Å². The molecule has 2 rings (SSSR count). The zero-order valence-electron chi connectivity index (χ0n) is 11.4. The van der Waals surface area contributed by atoms with Crippen molar-refractivity contribution >= 4 is 40.3 Å². The molecule has 0 spiro atoms. The minimum absolute atomic E-state index is 0.0845. The van der Waals surface area contributed by atoms with Gasteiger partial charge in [0.2, 0.25) is 0 Å². The molecule has 0 saturated carbocycles. The third kappa shape index (κ3) is 4.85. The van der Waals surface area contributed by atoms with Crippen LogP contribution in [0.5, 0.6) is 0 Å². The van der Waals surface area contributed by atoms with Crippen molar-refractivity contribution in [1.82, 2.24) is 5.32 Å². The highest BCUT2D eigenvalue weighted by Gasteiger charge is 2.16. The molecule has 0 aromatic heterocycles. The highest BCUT2D eigenvalue weighted by molar-refractivity contribution is 14.1. The number of aromatic carboxylic acids is 1. The second kappa shape index (κ2) is 7.60. The summed E-state index contributed by atoms with van der Waals surface area (Å²) in [5, 5.41) is 14.5. The van der Waals surface area contributed by atoms with E-state index in [-0.39, 0.29) is 5.56 Å². The van der Waals surface area contributed by atoms with Crippen LogP contribution in [0.3, 0.4) is 0 Å². The predicted octanol–water partition coefficient (Wildman–Crippen LogP) is 2.54. The number of ether oxygens (including phenoxy) is 1. The van der Waals surface area contributed by atoms with E-state index < -0.39 is 12.0 Å². The van der Waals surface area contributed by atoms with E-state index in [0.29, 0.717) is 18.2 Å². The van der Waals surface area contributed by atoms with Crippen molar-refractivity contribution in [1.29, 1.82) is 0 Å². The SMILES string of the molecule is O=C(NCCC1CCOC1)Nc1ccc(I)cc1C(=O)O. The van der Waals surface area contributed by atoms with Gasteiger partial charge in [0.15, 0.2) is 0 Å². The largest absolute Gasteiger partial charge is 0.478 e. The van der Waals surface area contributed by atoms with E-state index in [1.807, 2.05) is 22.6 Å². The Bertz CT molecular complexity index is 530. The number of amides is 2. The fourth-order valence-electron chi connectivity index (χ4n) is 2.17. The molecule has 1 aromatic rings. The molecule has 21 heavy (non-hydrogen) atoms. The van der Waals surface area contributed by atoms with Gasteiger partial charge in [0, 0.05) is 23.3 Å². The Hall–Kier alpha value is -1.35. The van der Waals surface area contributed by atoms with Crippen molar-refractivity contribution in [3.8, 4) is 0 Å². The van der Waals surface area contributed by atoms with Gasteiger partial charge >= 0.3 is 12.0 Å². The molecule has 1 aliphatic heterocycles. The van der Waals surface area contributed by atoms with E-state index in [1.165, 1.54) is 6.07 Å². The molecule has 6 nitrogen and oxygen atoms in total. The Labute approximate surface area is 136 Å². The number of hydrogen-bond acceptors (Lipinski definition) is 3. The number of urea groups is 1. The molecule has 0 bridgehead atoms. The fourth-order valence-corrected chi connectivity index (χ4v) is 2.66. The van der Waals surface area contributed by atoms with E-state index in [1.54, 1.807) is 12.1 Å². The lowest BCUT2D eigenvalue weighted by Crippen LogP contribution is -2.31. The van der Waals surface area contributed by atoms with Crippen molar-refractivity contribution in [3.63, 3.8) is 0 Å². The number of hydrogen-bond donors (Lipinski definition) is 3. The highest BCUT2D eigenvalue weighted by Crippen LogP contribution is 2.19. The smallest absolute Gasteiger partial charge is 0.337 e. The zero-order chi connectivity index (χ0) is 15.2. The van der Waals surface area contributed by atoms with Crippen LogP contribution in [-0.4, -0.2) is 36.9 Å². The molecular weight excluding hydrogens is 387 g/mol. The number of nitrogens with one attached hydrogen (secondary N) is 2. The zero-order valence-corrected chi connectivity index (χ0v) is 13.6. The fraction of sp³-hybridized carbons (Fsp3) is 0.429. The molecule has 1 heterocycles. The lowest BCUT2D eigenvalue weighted by atomic mass is 10.1. The van der Waals surface area contributed by atoms with Crippen LogP contribution in [0.25, 0.3) is 0 Å². The van der Waals surface area contributed by atoms with Crippen LogP contribution >= 0.6 is 22.6 Å². The molecule has 3 N–H and O–H groups in total. The normalized spacial score (nSPS) is 17.5. The molecule has 1 atom stereocenters. The summed E-state index contributed by atoms with van der Waals surface area (Å²) < 4.78 is 6.07. The first-order valence-electron chi connectivity index (χ1n) is 6.71. The number of carbonyl (C=O) groups excluding carboxylic acids is 1.